The summed E-state index contributed by atoms with van der Waals surface area (Å²) in [6, 6.07) is 6.14. The van der Waals surface area contributed by atoms with E-state index >= 15 is 0 Å². The zero-order valence-corrected chi connectivity index (χ0v) is 11.3. The zero-order chi connectivity index (χ0) is 14.0. The summed E-state index contributed by atoms with van der Waals surface area (Å²) >= 11 is 0. The Morgan fingerprint density at radius 2 is 1.84 bits per heavy atom. The number of likely N-dealkylation sites (tertiary alicyclic amines) is 1. The summed E-state index contributed by atoms with van der Waals surface area (Å²) in [7, 11) is 0. The summed E-state index contributed by atoms with van der Waals surface area (Å²) in [5.41, 5.74) is 0.984. The Labute approximate surface area is 113 Å². The lowest BCUT2D eigenvalue weighted by Crippen LogP contribution is -2.30. The van der Waals surface area contributed by atoms with E-state index in [1.54, 1.807) is 12.1 Å². The monoisotopic (exact) mass is 261 g/mol. The van der Waals surface area contributed by atoms with Crippen molar-refractivity contribution in [3.63, 3.8) is 0 Å². The van der Waals surface area contributed by atoms with Gasteiger partial charge in [-0.1, -0.05) is 13.8 Å². The molecule has 0 saturated carbocycles. The van der Waals surface area contributed by atoms with E-state index in [2.05, 4.69) is 13.8 Å². The lowest BCUT2D eigenvalue weighted by atomic mass is 9.87. The SMILES string of the molecule is CCC1(C)CCN(C(=O)c2ccc(C(=O)O)cc2)C1. The molecule has 2 rings (SSSR count). The molecule has 0 spiro atoms. The molecular formula is C15H19NO3. The topological polar surface area (TPSA) is 57.6 Å². The lowest BCUT2D eigenvalue weighted by Gasteiger charge is -2.22. The minimum Gasteiger partial charge on any atom is -0.478 e. The van der Waals surface area contributed by atoms with Crippen LogP contribution in [0.4, 0.5) is 0 Å². The highest BCUT2D eigenvalue weighted by atomic mass is 16.4. The third kappa shape index (κ3) is 2.78. The van der Waals surface area contributed by atoms with Crippen LogP contribution >= 0.6 is 0 Å². The third-order valence-corrected chi connectivity index (χ3v) is 4.08. The Balaban J connectivity index is 2.10. The predicted octanol–water partition coefficient (Wildman–Crippen LogP) is 2.65. The van der Waals surface area contributed by atoms with Crippen LogP contribution in [-0.2, 0) is 0 Å². The molecule has 1 aromatic rings. The van der Waals surface area contributed by atoms with E-state index in [9.17, 15) is 9.59 Å². The number of hydrogen-bond acceptors (Lipinski definition) is 2. The molecule has 1 aliphatic heterocycles. The molecule has 4 heteroatoms. The van der Waals surface area contributed by atoms with Gasteiger partial charge in [-0.15, -0.1) is 0 Å². The molecule has 0 aromatic heterocycles. The summed E-state index contributed by atoms with van der Waals surface area (Å²) in [6.07, 6.45) is 2.09. The maximum atomic E-state index is 12.3. The highest BCUT2D eigenvalue weighted by Gasteiger charge is 2.34. The number of aromatic carboxylic acids is 1. The van der Waals surface area contributed by atoms with Gasteiger partial charge in [0.1, 0.15) is 0 Å². The predicted molar refractivity (Wildman–Crippen MR) is 72.3 cm³/mol. The van der Waals surface area contributed by atoms with Gasteiger partial charge >= 0.3 is 5.97 Å². The van der Waals surface area contributed by atoms with Crippen LogP contribution in [0.25, 0.3) is 0 Å². The van der Waals surface area contributed by atoms with Crippen LogP contribution in [0.15, 0.2) is 24.3 Å². The van der Waals surface area contributed by atoms with Gasteiger partial charge in [0.25, 0.3) is 5.91 Å². The fourth-order valence-corrected chi connectivity index (χ4v) is 2.42. The molecule has 1 unspecified atom stereocenters. The molecule has 1 amide bonds. The number of hydrogen-bond donors (Lipinski definition) is 1. The maximum absolute atomic E-state index is 12.3. The van der Waals surface area contributed by atoms with E-state index in [1.807, 2.05) is 4.90 Å². The molecule has 1 fully saturated rings. The first-order valence-corrected chi connectivity index (χ1v) is 6.58. The van der Waals surface area contributed by atoms with Gasteiger partial charge in [0.05, 0.1) is 5.56 Å². The average Bonchev–Trinajstić information content (AvgIpc) is 2.81. The maximum Gasteiger partial charge on any atom is 0.335 e. The molecule has 102 valence electrons. The van der Waals surface area contributed by atoms with Crippen molar-refractivity contribution in [2.75, 3.05) is 13.1 Å². The fourth-order valence-electron chi connectivity index (χ4n) is 2.42. The Morgan fingerprint density at radius 3 is 2.32 bits per heavy atom. The quantitative estimate of drug-likeness (QED) is 0.910. The largest absolute Gasteiger partial charge is 0.478 e. The van der Waals surface area contributed by atoms with Gasteiger partial charge in [-0.25, -0.2) is 4.79 Å². The van der Waals surface area contributed by atoms with Crippen LogP contribution < -0.4 is 0 Å². The fraction of sp³-hybridized carbons (Fsp3) is 0.467. The third-order valence-electron chi connectivity index (χ3n) is 4.08. The summed E-state index contributed by atoms with van der Waals surface area (Å²) in [5, 5.41) is 8.83. The van der Waals surface area contributed by atoms with Crippen molar-refractivity contribution in [3.05, 3.63) is 35.4 Å². The smallest absolute Gasteiger partial charge is 0.335 e. The summed E-state index contributed by atoms with van der Waals surface area (Å²) in [5.74, 6) is -0.979. The van der Waals surface area contributed by atoms with Crippen LogP contribution in [-0.4, -0.2) is 35.0 Å². The summed E-state index contributed by atoms with van der Waals surface area (Å²) in [6.45, 7) is 5.91. The molecule has 0 radical (unpaired) electrons. The number of carboxylic acids is 1. The molecule has 1 N–H and O–H groups in total. The zero-order valence-electron chi connectivity index (χ0n) is 11.3. The van der Waals surface area contributed by atoms with Crippen molar-refractivity contribution in [3.8, 4) is 0 Å². The highest BCUT2D eigenvalue weighted by Crippen LogP contribution is 2.33. The van der Waals surface area contributed by atoms with Gasteiger partial charge in [-0.2, -0.15) is 0 Å². The number of amides is 1. The van der Waals surface area contributed by atoms with E-state index in [4.69, 9.17) is 5.11 Å². The van der Waals surface area contributed by atoms with Crippen molar-refractivity contribution >= 4 is 11.9 Å². The Morgan fingerprint density at radius 1 is 1.26 bits per heavy atom. The number of carboxylic acid groups (broad SMARTS) is 1. The van der Waals surface area contributed by atoms with Gasteiger partial charge in [0, 0.05) is 18.7 Å². The van der Waals surface area contributed by atoms with Crippen LogP contribution in [0.1, 0.15) is 47.4 Å². The van der Waals surface area contributed by atoms with Crippen molar-refractivity contribution < 1.29 is 14.7 Å². The minimum atomic E-state index is -0.973. The standard InChI is InChI=1S/C15H19NO3/c1-3-15(2)8-9-16(10-15)13(17)11-4-6-12(7-5-11)14(18)19/h4-7H,3,8-10H2,1-2H3,(H,18,19). The van der Waals surface area contributed by atoms with Crippen molar-refractivity contribution in [1.29, 1.82) is 0 Å². The molecule has 1 aromatic carbocycles. The minimum absolute atomic E-state index is 0.00545. The Bertz CT molecular complexity index is 495. The number of rotatable bonds is 3. The van der Waals surface area contributed by atoms with Crippen molar-refractivity contribution in [2.45, 2.75) is 26.7 Å². The molecule has 0 bridgehead atoms. The van der Waals surface area contributed by atoms with E-state index in [0.717, 1.165) is 25.9 Å². The van der Waals surface area contributed by atoms with Crippen LogP contribution in [0, 0.1) is 5.41 Å². The molecule has 1 aliphatic rings. The van der Waals surface area contributed by atoms with Crippen LogP contribution in [0.5, 0.6) is 0 Å². The summed E-state index contributed by atoms with van der Waals surface area (Å²) < 4.78 is 0. The molecule has 4 nitrogen and oxygen atoms in total. The van der Waals surface area contributed by atoms with E-state index in [1.165, 1.54) is 12.1 Å². The molecule has 0 aliphatic carbocycles. The van der Waals surface area contributed by atoms with Gasteiger partial charge < -0.3 is 10.0 Å². The molecular weight excluding hydrogens is 242 g/mol. The Hall–Kier alpha value is -1.84. The first-order chi connectivity index (χ1) is 8.95. The van der Waals surface area contributed by atoms with Gasteiger partial charge in [0.2, 0.25) is 0 Å². The van der Waals surface area contributed by atoms with Crippen LogP contribution in [0.3, 0.4) is 0 Å². The lowest BCUT2D eigenvalue weighted by molar-refractivity contribution is 0.0694. The molecule has 1 saturated heterocycles. The Kier molecular flexibility index (Phi) is 3.60. The van der Waals surface area contributed by atoms with Crippen LogP contribution in [0.2, 0.25) is 0 Å². The van der Waals surface area contributed by atoms with E-state index < -0.39 is 5.97 Å². The first kappa shape index (κ1) is 13.6. The molecule has 19 heavy (non-hydrogen) atoms. The molecule has 1 atom stereocenters. The van der Waals surface area contributed by atoms with Crippen molar-refractivity contribution in [1.82, 2.24) is 4.90 Å². The number of nitrogens with zero attached hydrogens (tertiary/aromatic N) is 1. The normalized spacial score (nSPS) is 22.5. The van der Waals surface area contributed by atoms with Crippen molar-refractivity contribution in [2.24, 2.45) is 5.41 Å². The van der Waals surface area contributed by atoms with Gasteiger partial charge in [0.15, 0.2) is 0 Å². The van der Waals surface area contributed by atoms with E-state index in [0.29, 0.717) is 5.56 Å². The number of carbonyl (C=O) groups is 2. The van der Waals surface area contributed by atoms with E-state index in [-0.39, 0.29) is 16.9 Å². The van der Waals surface area contributed by atoms with Gasteiger partial charge in [-0.05, 0) is 42.5 Å². The highest BCUT2D eigenvalue weighted by molar-refractivity contribution is 5.96. The summed E-state index contributed by atoms with van der Waals surface area (Å²) in [4.78, 5) is 24.9. The second-order valence-corrected chi connectivity index (χ2v) is 5.52. The second kappa shape index (κ2) is 5.03. The first-order valence-electron chi connectivity index (χ1n) is 6.58. The average molecular weight is 261 g/mol. The number of carbonyl (C=O) groups excluding carboxylic acids is 1. The molecule has 1 heterocycles. The second-order valence-electron chi connectivity index (χ2n) is 5.52. The van der Waals surface area contributed by atoms with Gasteiger partial charge in [-0.3, -0.25) is 4.79 Å². The number of benzene rings is 1.